The van der Waals surface area contributed by atoms with Crippen LogP contribution in [0.5, 0.6) is 0 Å². The molecule has 3 unspecified atom stereocenters. The number of nitrogens with one attached hydrogen (secondary N) is 2. The molecule has 8 nitrogen and oxygen atoms in total. The minimum absolute atomic E-state index is 0.0322. The average molecular weight is 668 g/mol. The molecule has 0 aliphatic carbocycles. The Morgan fingerprint density at radius 1 is 1.04 bits per heavy atom. The third-order valence-corrected chi connectivity index (χ3v) is 10.4. The summed E-state index contributed by atoms with van der Waals surface area (Å²) in [5.74, 6) is -1.09. The highest BCUT2D eigenvalue weighted by molar-refractivity contribution is 6.05. The van der Waals surface area contributed by atoms with Crippen molar-refractivity contribution in [1.82, 2.24) is 10.2 Å². The van der Waals surface area contributed by atoms with E-state index in [0.29, 0.717) is 43.7 Å². The van der Waals surface area contributed by atoms with Crippen molar-refractivity contribution < 1.29 is 27.6 Å². The van der Waals surface area contributed by atoms with Crippen molar-refractivity contribution in [2.45, 2.75) is 109 Å². The van der Waals surface area contributed by atoms with Crippen molar-refractivity contribution in [3.05, 3.63) is 58.7 Å². The van der Waals surface area contributed by atoms with Gasteiger partial charge in [0.15, 0.2) is 0 Å². The number of alkyl halides is 3. The van der Waals surface area contributed by atoms with Crippen LogP contribution in [0.4, 0.5) is 24.5 Å². The first kappa shape index (κ1) is 35.4. The Labute approximate surface area is 281 Å². The number of halogens is 3. The second-order valence-corrected chi connectivity index (χ2v) is 13.9. The number of amides is 3. The molecule has 5 rings (SSSR count). The van der Waals surface area contributed by atoms with Crippen LogP contribution in [0, 0.1) is 12.8 Å². The number of rotatable bonds is 9. The lowest BCUT2D eigenvalue weighted by atomic mass is 9.71. The number of hydrogen-bond donors (Lipinski definition) is 2. The van der Waals surface area contributed by atoms with Gasteiger partial charge in [-0.15, -0.1) is 0 Å². The summed E-state index contributed by atoms with van der Waals surface area (Å²) in [5, 5.41) is 5.67. The lowest BCUT2D eigenvalue weighted by Gasteiger charge is -2.48. The predicted octanol–water partition coefficient (Wildman–Crippen LogP) is 7.12. The third-order valence-electron chi connectivity index (χ3n) is 10.4. The number of likely N-dealkylation sites (N-methyl/N-ethyl adjacent to an activating group) is 1. The highest BCUT2D eigenvalue weighted by Gasteiger charge is 2.46. The molecule has 3 amide bonds. The molecule has 2 aromatic carbocycles. The first-order chi connectivity index (χ1) is 22.7. The van der Waals surface area contributed by atoms with Crippen LogP contribution in [0.15, 0.2) is 41.4 Å². The Hall–Kier alpha value is -3.89. The smallest absolute Gasteiger partial charge is 0.371 e. The fourth-order valence-corrected chi connectivity index (χ4v) is 7.97. The monoisotopic (exact) mass is 667 g/mol. The number of nitrogens with zero attached hydrogens (tertiary/aromatic N) is 3. The maximum Gasteiger partial charge on any atom is 0.416 e. The van der Waals surface area contributed by atoms with Gasteiger partial charge in [-0.3, -0.25) is 19.4 Å². The molecule has 3 atom stereocenters. The van der Waals surface area contributed by atoms with Gasteiger partial charge in [0.1, 0.15) is 0 Å². The van der Waals surface area contributed by atoms with Crippen molar-refractivity contribution in [2.24, 2.45) is 10.9 Å². The van der Waals surface area contributed by atoms with E-state index >= 15 is 0 Å². The summed E-state index contributed by atoms with van der Waals surface area (Å²) in [5.41, 5.74) is 1.28. The van der Waals surface area contributed by atoms with E-state index in [-0.39, 0.29) is 40.9 Å². The molecule has 0 aromatic heterocycles. The van der Waals surface area contributed by atoms with E-state index in [4.69, 9.17) is 4.99 Å². The first-order valence-electron chi connectivity index (χ1n) is 17.2. The Kier molecular flexibility index (Phi) is 10.6. The number of piperidine rings is 2. The number of benzene rings is 2. The second-order valence-electron chi connectivity index (χ2n) is 13.9. The molecule has 0 saturated carbocycles. The van der Waals surface area contributed by atoms with Gasteiger partial charge in [0, 0.05) is 68.2 Å². The summed E-state index contributed by atoms with van der Waals surface area (Å²) < 4.78 is 41.9. The van der Waals surface area contributed by atoms with Crippen LogP contribution in [0.1, 0.15) is 105 Å². The van der Waals surface area contributed by atoms with Crippen LogP contribution < -0.4 is 15.5 Å². The van der Waals surface area contributed by atoms with Gasteiger partial charge in [0.05, 0.1) is 17.0 Å². The van der Waals surface area contributed by atoms with Gasteiger partial charge in [0.2, 0.25) is 11.8 Å². The number of carbonyl (C=O) groups is 3. The molecule has 0 bridgehead atoms. The van der Waals surface area contributed by atoms with Gasteiger partial charge in [-0.1, -0.05) is 32.8 Å². The molecule has 0 spiro atoms. The van der Waals surface area contributed by atoms with Gasteiger partial charge >= 0.3 is 6.18 Å². The summed E-state index contributed by atoms with van der Waals surface area (Å²) in [6.07, 6.45) is 4.14. The van der Waals surface area contributed by atoms with E-state index in [1.807, 2.05) is 29.8 Å². The highest BCUT2D eigenvalue weighted by atomic mass is 19.4. The molecule has 3 aliphatic rings. The SMILES string of the molecule is CCCC1(CCC)CC2C(C=N1)CC(c1cc(NC(=O)c3cc(N4CCC(NC(C)=O)CC4)cc(C(F)(F)F)c3)ccc1C)C(=O)N2C. The summed E-state index contributed by atoms with van der Waals surface area (Å²) in [6.45, 7) is 8.61. The Bertz CT molecular complexity index is 1540. The largest absolute Gasteiger partial charge is 0.416 e. The Morgan fingerprint density at radius 3 is 2.35 bits per heavy atom. The zero-order valence-corrected chi connectivity index (χ0v) is 28.6. The number of anilines is 2. The van der Waals surface area contributed by atoms with Gasteiger partial charge in [-0.05, 0) is 86.9 Å². The normalized spacial score (nSPS) is 22.8. The molecule has 3 heterocycles. The maximum absolute atomic E-state index is 14.0. The maximum atomic E-state index is 14.0. The molecule has 11 heteroatoms. The van der Waals surface area contributed by atoms with E-state index in [9.17, 15) is 27.6 Å². The van der Waals surface area contributed by atoms with Crippen molar-refractivity contribution >= 4 is 35.3 Å². The van der Waals surface area contributed by atoms with Crippen molar-refractivity contribution in [2.75, 3.05) is 30.4 Å². The molecule has 260 valence electrons. The molecule has 2 N–H and O–H groups in total. The van der Waals surface area contributed by atoms with Gasteiger partial charge in [-0.2, -0.15) is 13.2 Å². The predicted molar refractivity (Wildman–Crippen MR) is 183 cm³/mol. The number of carbonyl (C=O) groups excluding carboxylic acids is 3. The molecular weight excluding hydrogens is 619 g/mol. The summed E-state index contributed by atoms with van der Waals surface area (Å²) in [7, 11) is 1.88. The number of aliphatic imine (C=N–C) groups is 1. The van der Waals surface area contributed by atoms with Crippen molar-refractivity contribution in [3.63, 3.8) is 0 Å². The van der Waals surface area contributed by atoms with Crippen molar-refractivity contribution in [1.29, 1.82) is 0 Å². The highest BCUT2D eigenvalue weighted by Crippen LogP contribution is 2.44. The van der Waals surface area contributed by atoms with Crippen LogP contribution in [0.25, 0.3) is 0 Å². The number of hydrogen-bond acceptors (Lipinski definition) is 5. The molecule has 2 fully saturated rings. The topological polar surface area (TPSA) is 94.1 Å². The lowest BCUT2D eigenvalue weighted by molar-refractivity contribution is -0.139. The molecule has 2 saturated heterocycles. The molecule has 0 radical (unpaired) electrons. The lowest BCUT2D eigenvalue weighted by Crippen LogP contribution is -2.55. The van der Waals surface area contributed by atoms with E-state index in [2.05, 4.69) is 30.7 Å². The van der Waals surface area contributed by atoms with Crippen LogP contribution in [0.3, 0.4) is 0 Å². The van der Waals surface area contributed by atoms with E-state index in [1.165, 1.54) is 13.0 Å². The Morgan fingerprint density at radius 2 is 1.73 bits per heavy atom. The zero-order chi connectivity index (χ0) is 34.8. The second kappa shape index (κ2) is 14.3. The fraction of sp³-hybridized carbons (Fsp3) is 0.568. The third kappa shape index (κ3) is 7.70. The minimum Gasteiger partial charge on any atom is -0.371 e. The Balaban J connectivity index is 1.36. The zero-order valence-electron chi connectivity index (χ0n) is 28.6. The van der Waals surface area contributed by atoms with E-state index < -0.39 is 23.6 Å². The summed E-state index contributed by atoms with van der Waals surface area (Å²) >= 11 is 0. The average Bonchev–Trinajstić information content (AvgIpc) is 3.04. The van der Waals surface area contributed by atoms with E-state index in [1.54, 1.807) is 12.1 Å². The van der Waals surface area contributed by atoms with E-state index in [0.717, 1.165) is 55.4 Å². The molecule has 2 aromatic rings. The number of likely N-dealkylation sites (tertiary alicyclic amines) is 1. The van der Waals surface area contributed by atoms with Crippen LogP contribution >= 0.6 is 0 Å². The molecule has 3 aliphatic heterocycles. The fourth-order valence-electron chi connectivity index (χ4n) is 7.97. The number of fused-ring (bicyclic) bond motifs is 1. The first-order valence-corrected chi connectivity index (χ1v) is 17.2. The molecule has 48 heavy (non-hydrogen) atoms. The summed E-state index contributed by atoms with van der Waals surface area (Å²) in [4.78, 5) is 47.6. The quantitative estimate of drug-likeness (QED) is 0.298. The van der Waals surface area contributed by atoms with Crippen LogP contribution in [-0.4, -0.2) is 66.6 Å². The summed E-state index contributed by atoms with van der Waals surface area (Å²) in [6, 6.07) is 8.80. The van der Waals surface area contributed by atoms with Crippen LogP contribution in [-0.2, 0) is 15.8 Å². The standard InChI is InChI=1S/C37H48F3N5O3/c1-6-12-36(13-7-2)21-33-26(22-41-36)18-32(35(48)44(33)5)31-20-29(9-8-23(31)3)43-34(47)25-16-27(37(38,39)40)19-30(17-25)45-14-10-28(11-15-45)42-24(4)46/h8-9,16-17,19-20,22,26,28,32-33H,6-7,10-15,18,21H2,1-5H3,(H,42,46)(H,43,47). The van der Waals surface area contributed by atoms with Crippen LogP contribution in [0.2, 0.25) is 0 Å². The molecular formula is C37H48F3N5O3. The van der Waals surface area contributed by atoms with Gasteiger partial charge in [0.25, 0.3) is 5.91 Å². The minimum atomic E-state index is -4.64. The van der Waals surface area contributed by atoms with Gasteiger partial charge < -0.3 is 20.4 Å². The number of aryl methyl sites for hydroxylation is 1. The van der Waals surface area contributed by atoms with Crippen molar-refractivity contribution in [3.8, 4) is 0 Å². The van der Waals surface area contributed by atoms with Gasteiger partial charge in [-0.25, -0.2) is 0 Å².